The van der Waals surface area contributed by atoms with Crippen molar-refractivity contribution in [2.45, 2.75) is 32.9 Å². The largest absolute Gasteiger partial charge is 0.355 e. The zero-order chi connectivity index (χ0) is 24.8. The molecule has 11 heteroatoms. The Morgan fingerprint density at radius 1 is 1.03 bits per heavy atom. The van der Waals surface area contributed by atoms with E-state index in [0.717, 1.165) is 10.6 Å². The first-order valence-electron chi connectivity index (χ1n) is 10.2. The molecule has 0 radical (unpaired) electrons. The van der Waals surface area contributed by atoms with E-state index in [1.54, 1.807) is 44.2 Å². The number of hydrogen-bond acceptors (Lipinski definition) is 4. The van der Waals surface area contributed by atoms with Crippen molar-refractivity contribution in [3.05, 3.63) is 63.1 Å². The maximum atomic E-state index is 13.5. The highest BCUT2D eigenvalue weighted by atomic mass is 35.5. The van der Waals surface area contributed by atoms with Gasteiger partial charge in [0, 0.05) is 23.1 Å². The van der Waals surface area contributed by atoms with Crippen molar-refractivity contribution in [2.75, 3.05) is 23.7 Å². The second-order valence-corrected chi connectivity index (χ2v) is 10.5. The number of rotatable bonds is 10. The lowest BCUT2D eigenvalue weighted by Gasteiger charge is -2.33. The Morgan fingerprint density at radius 3 is 2.24 bits per heavy atom. The molecule has 0 unspecified atom stereocenters. The first kappa shape index (κ1) is 27.2. The van der Waals surface area contributed by atoms with Crippen molar-refractivity contribution in [3.63, 3.8) is 0 Å². The molecule has 0 spiro atoms. The fraction of sp³-hybridized carbons (Fsp3) is 0.364. The van der Waals surface area contributed by atoms with Crippen LogP contribution in [0.4, 0.5) is 5.69 Å². The first-order chi connectivity index (χ1) is 15.5. The van der Waals surface area contributed by atoms with E-state index in [-0.39, 0.29) is 23.2 Å². The summed E-state index contributed by atoms with van der Waals surface area (Å²) in [6.07, 6.45) is 1.30. The number of anilines is 1. The van der Waals surface area contributed by atoms with Gasteiger partial charge in [-0.1, -0.05) is 59.9 Å². The van der Waals surface area contributed by atoms with Gasteiger partial charge in [-0.2, -0.15) is 0 Å². The van der Waals surface area contributed by atoms with Crippen LogP contribution in [0.25, 0.3) is 0 Å². The molecule has 7 nitrogen and oxygen atoms in total. The lowest BCUT2D eigenvalue weighted by molar-refractivity contribution is -0.140. The van der Waals surface area contributed by atoms with Gasteiger partial charge in [-0.15, -0.1) is 0 Å². The summed E-state index contributed by atoms with van der Waals surface area (Å²) in [6, 6.07) is 10.3. The van der Waals surface area contributed by atoms with Gasteiger partial charge in [0.15, 0.2) is 0 Å². The van der Waals surface area contributed by atoms with Crippen LogP contribution < -0.4 is 9.62 Å². The first-order valence-corrected chi connectivity index (χ1v) is 13.2. The van der Waals surface area contributed by atoms with Crippen molar-refractivity contribution >= 4 is 62.3 Å². The van der Waals surface area contributed by atoms with E-state index in [0.29, 0.717) is 28.6 Å². The lowest BCUT2D eigenvalue weighted by Crippen LogP contribution is -2.52. The maximum Gasteiger partial charge on any atom is 0.244 e. The maximum absolute atomic E-state index is 13.5. The molecule has 2 rings (SSSR count). The van der Waals surface area contributed by atoms with Gasteiger partial charge in [0.1, 0.15) is 12.6 Å². The monoisotopic (exact) mass is 533 g/mol. The number of benzene rings is 2. The summed E-state index contributed by atoms with van der Waals surface area (Å²) in [5.74, 6) is -0.924. The minimum Gasteiger partial charge on any atom is -0.355 e. The summed E-state index contributed by atoms with van der Waals surface area (Å²) in [5.41, 5.74) is 0.742. The van der Waals surface area contributed by atoms with E-state index >= 15 is 0 Å². The number of amides is 2. The Bertz CT molecular complexity index is 1110. The SMILES string of the molecule is CCNC(=O)[C@H](CC)N(Cc1ccc(Cl)cc1Cl)C(=O)CN(c1ccccc1Cl)S(C)(=O)=O. The highest BCUT2D eigenvalue weighted by Gasteiger charge is 2.32. The van der Waals surface area contributed by atoms with Gasteiger partial charge in [-0.25, -0.2) is 8.42 Å². The normalized spacial score (nSPS) is 12.2. The number of halogens is 3. The molecule has 0 aromatic heterocycles. The van der Waals surface area contributed by atoms with Gasteiger partial charge in [-0.05, 0) is 43.2 Å². The van der Waals surface area contributed by atoms with Gasteiger partial charge in [-0.3, -0.25) is 13.9 Å². The molecular weight excluding hydrogens is 509 g/mol. The molecule has 0 aliphatic heterocycles. The van der Waals surface area contributed by atoms with Crippen LogP contribution >= 0.6 is 34.8 Å². The molecule has 1 atom stereocenters. The Hall–Kier alpha value is -2.00. The van der Waals surface area contributed by atoms with E-state index in [4.69, 9.17) is 34.8 Å². The summed E-state index contributed by atoms with van der Waals surface area (Å²) in [4.78, 5) is 27.6. The zero-order valence-corrected chi connectivity index (χ0v) is 21.6. The quantitative estimate of drug-likeness (QED) is 0.491. The molecule has 0 aliphatic rings. The molecule has 33 heavy (non-hydrogen) atoms. The topological polar surface area (TPSA) is 86.8 Å². The number of likely N-dealkylation sites (N-methyl/N-ethyl adjacent to an activating group) is 1. The molecule has 0 aliphatic carbocycles. The number of sulfonamides is 1. The van der Waals surface area contributed by atoms with E-state index in [1.807, 2.05) is 0 Å². The molecule has 0 heterocycles. The summed E-state index contributed by atoms with van der Waals surface area (Å²) < 4.78 is 26.0. The predicted molar refractivity (Wildman–Crippen MR) is 133 cm³/mol. The number of hydrogen-bond donors (Lipinski definition) is 1. The van der Waals surface area contributed by atoms with Crippen molar-refractivity contribution in [3.8, 4) is 0 Å². The minimum atomic E-state index is -3.86. The Balaban J connectivity index is 2.48. The van der Waals surface area contributed by atoms with E-state index in [9.17, 15) is 18.0 Å². The third-order valence-electron chi connectivity index (χ3n) is 4.89. The van der Waals surface area contributed by atoms with Crippen molar-refractivity contribution < 1.29 is 18.0 Å². The van der Waals surface area contributed by atoms with Crippen LogP contribution in [-0.4, -0.2) is 50.5 Å². The van der Waals surface area contributed by atoms with Crippen molar-refractivity contribution in [1.82, 2.24) is 10.2 Å². The van der Waals surface area contributed by atoms with E-state index < -0.39 is 28.5 Å². The highest BCUT2D eigenvalue weighted by Crippen LogP contribution is 2.28. The Morgan fingerprint density at radius 2 is 1.70 bits per heavy atom. The lowest BCUT2D eigenvalue weighted by atomic mass is 10.1. The molecule has 2 amide bonds. The zero-order valence-electron chi connectivity index (χ0n) is 18.5. The molecule has 0 saturated heterocycles. The van der Waals surface area contributed by atoms with Gasteiger partial charge >= 0.3 is 0 Å². The standard InChI is InChI=1S/C22H26Cl3N3O4S/c1-4-19(22(30)26-5-2)27(13-15-10-11-16(23)12-18(15)25)21(29)14-28(33(3,31)32)20-9-7-6-8-17(20)24/h6-12,19H,4-5,13-14H2,1-3H3,(H,26,30)/t19-/m0/s1. The number of nitrogens with zero attached hydrogens (tertiary/aromatic N) is 2. The number of para-hydroxylation sites is 1. The summed E-state index contributed by atoms with van der Waals surface area (Å²) >= 11 is 18.5. The van der Waals surface area contributed by atoms with E-state index in [2.05, 4.69) is 5.32 Å². The smallest absolute Gasteiger partial charge is 0.244 e. The van der Waals surface area contributed by atoms with Crippen molar-refractivity contribution in [1.29, 1.82) is 0 Å². The molecule has 180 valence electrons. The van der Waals surface area contributed by atoms with Gasteiger partial charge < -0.3 is 10.2 Å². The third kappa shape index (κ3) is 7.24. The average molecular weight is 535 g/mol. The van der Waals surface area contributed by atoms with Crippen LogP contribution in [-0.2, 0) is 26.2 Å². The third-order valence-corrected chi connectivity index (χ3v) is 6.93. The van der Waals surface area contributed by atoms with Gasteiger partial charge in [0.25, 0.3) is 0 Å². The van der Waals surface area contributed by atoms with Crippen molar-refractivity contribution in [2.24, 2.45) is 0 Å². The van der Waals surface area contributed by atoms with Crippen LogP contribution in [0.15, 0.2) is 42.5 Å². The number of carbonyl (C=O) groups is 2. The second kappa shape index (κ2) is 11.9. The van der Waals surface area contributed by atoms with E-state index in [1.165, 1.54) is 17.0 Å². The molecule has 0 saturated carbocycles. The summed E-state index contributed by atoms with van der Waals surface area (Å²) in [7, 11) is -3.86. The highest BCUT2D eigenvalue weighted by molar-refractivity contribution is 7.92. The average Bonchev–Trinajstić information content (AvgIpc) is 2.73. The van der Waals surface area contributed by atoms with Gasteiger partial charge in [0.2, 0.25) is 21.8 Å². The fourth-order valence-electron chi connectivity index (χ4n) is 3.29. The van der Waals surface area contributed by atoms with Crippen LogP contribution in [0, 0.1) is 0 Å². The molecule has 2 aromatic carbocycles. The molecule has 0 fully saturated rings. The van der Waals surface area contributed by atoms with Crippen LogP contribution in [0.1, 0.15) is 25.8 Å². The minimum absolute atomic E-state index is 0.00933. The van der Waals surface area contributed by atoms with Crippen LogP contribution in [0.2, 0.25) is 15.1 Å². The van der Waals surface area contributed by atoms with Crippen LogP contribution in [0.3, 0.4) is 0 Å². The fourth-order valence-corrected chi connectivity index (χ4v) is 4.91. The van der Waals surface area contributed by atoms with Crippen LogP contribution in [0.5, 0.6) is 0 Å². The second-order valence-electron chi connectivity index (χ2n) is 7.30. The van der Waals surface area contributed by atoms with Gasteiger partial charge in [0.05, 0.1) is 17.0 Å². The molecule has 0 bridgehead atoms. The number of nitrogens with one attached hydrogen (secondary N) is 1. The summed E-state index contributed by atoms with van der Waals surface area (Å²) in [5, 5.41) is 3.67. The predicted octanol–water partition coefficient (Wildman–Crippen LogP) is 4.36. The Labute approximate surface area is 209 Å². The molecule has 2 aromatic rings. The Kier molecular flexibility index (Phi) is 9.84. The summed E-state index contributed by atoms with van der Waals surface area (Å²) in [6.45, 7) is 3.38. The molecular formula is C22H26Cl3N3O4S. The number of carbonyl (C=O) groups excluding carboxylic acids is 2. The molecule has 1 N–H and O–H groups in total.